The normalized spacial score (nSPS) is 15.3. The van der Waals surface area contributed by atoms with Crippen molar-refractivity contribution in [1.82, 2.24) is 0 Å². The smallest absolute Gasteiger partial charge is 0.303 e. The highest BCUT2D eigenvalue weighted by molar-refractivity contribution is 5.66. The van der Waals surface area contributed by atoms with Crippen molar-refractivity contribution in [1.29, 1.82) is 0 Å². The van der Waals surface area contributed by atoms with E-state index in [-0.39, 0.29) is 11.9 Å². The molecule has 0 saturated heterocycles. The zero-order valence-corrected chi connectivity index (χ0v) is 17.3. The molecule has 0 aromatic carbocycles. The molecule has 26 heavy (non-hydrogen) atoms. The number of carbonyl (C=O) groups is 2. The van der Waals surface area contributed by atoms with Crippen LogP contribution in [0.5, 0.6) is 0 Å². The molecule has 0 heterocycles. The zero-order chi connectivity index (χ0) is 20.3. The lowest BCUT2D eigenvalue weighted by Gasteiger charge is -2.33. The van der Waals surface area contributed by atoms with Gasteiger partial charge in [0.15, 0.2) is 0 Å². The molecule has 0 aromatic heterocycles. The van der Waals surface area contributed by atoms with Crippen molar-refractivity contribution in [2.45, 2.75) is 85.4 Å². The van der Waals surface area contributed by atoms with E-state index in [9.17, 15) is 14.7 Å². The molecular formula is C22H36O4. The van der Waals surface area contributed by atoms with Gasteiger partial charge >= 0.3 is 5.97 Å². The number of hydrogen-bond donors (Lipinski definition) is 1. The van der Waals surface area contributed by atoms with Gasteiger partial charge in [-0.25, -0.2) is 0 Å². The van der Waals surface area contributed by atoms with Crippen LogP contribution in [0.2, 0.25) is 0 Å². The van der Waals surface area contributed by atoms with Crippen molar-refractivity contribution >= 4 is 12.3 Å². The molecule has 0 radical (unpaired) electrons. The second-order valence-electron chi connectivity index (χ2n) is 7.77. The van der Waals surface area contributed by atoms with Crippen molar-refractivity contribution in [3.63, 3.8) is 0 Å². The largest absolute Gasteiger partial charge is 0.460 e. The molecule has 4 nitrogen and oxygen atoms in total. The minimum absolute atomic E-state index is 0.141. The maximum Gasteiger partial charge on any atom is 0.303 e. The number of aldehydes is 1. The molecule has 0 aliphatic heterocycles. The summed E-state index contributed by atoms with van der Waals surface area (Å²) in [6, 6.07) is 0. The lowest BCUT2D eigenvalue weighted by atomic mass is 9.82. The van der Waals surface area contributed by atoms with Gasteiger partial charge in [-0.3, -0.25) is 9.59 Å². The number of aliphatic hydroxyl groups is 1. The summed E-state index contributed by atoms with van der Waals surface area (Å²) in [7, 11) is 0. The molecule has 0 rings (SSSR count). The average molecular weight is 365 g/mol. The van der Waals surface area contributed by atoms with Gasteiger partial charge in [0, 0.05) is 12.8 Å². The number of ether oxygens (including phenoxy) is 1. The van der Waals surface area contributed by atoms with Gasteiger partial charge in [0.1, 0.15) is 11.9 Å². The van der Waals surface area contributed by atoms with Gasteiger partial charge in [0.05, 0.1) is 6.10 Å². The molecule has 0 fully saturated rings. The summed E-state index contributed by atoms with van der Waals surface area (Å²) in [6.45, 7) is 14.9. The first-order valence-electron chi connectivity index (χ1n) is 9.29. The maximum absolute atomic E-state index is 11.5. The number of aliphatic hydroxyl groups excluding tert-OH is 1. The predicted molar refractivity (Wildman–Crippen MR) is 107 cm³/mol. The van der Waals surface area contributed by atoms with Crippen LogP contribution in [0.4, 0.5) is 0 Å². The quantitative estimate of drug-likeness (QED) is 0.231. The Hall–Kier alpha value is -1.68. The molecule has 1 N–H and O–H groups in total. The standard InChI is InChI=1S/C22H36O4/c1-16(2)21(25)13-10-17(3)8-11-20(12-9-18(4)14-15-23)22(6,7)26-19(5)24/h8,14-15,20-21,25H,1,9-13H2,2-7H3/b17-8+,18-14+. The summed E-state index contributed by atoms with van der Waals surface area (Å²) in [6.07, 6.45) is 7.94. The molecule has 0 aromatic rings. The number of allylic oxidation sites excluding steroid dienone is 4. The third-order valence-electron chi connectivity index (χ3n) is 4.76. The second-order valence-corrected chi connectivity index (χ2v) is 7.77. The van der Waals surface area contributed by atoms with Crippen LogP contribution < -0.4 is 0 Å². The molecule has 0 bridgehead atoms. The van der Waals surface area contributed by atoms with Gasteiger partial charge in [0.2, 0.25) is 0 Å². The van der Waals surface area contributed by atoms with Crippen LogP contribution >= 0.6 is 0 Å². The third-order valence-corrected chi connectivity index (χ3v) is 4.76. The topological polar surface area (TPSA) is 63.6 Å². The van der Waals surface area contributed by atoms with E-state index in [1.165, 1.54) is 12.5 Å². The Bertz CT molecular complexity index is 540. The summed E-state index contributed by atoms with van der Waals surface area (Å²) in [5, 5.41) is 9.86. The fourth-order valence-electron chi connectivity index (χ4n) is 2.86. The molecule has 148 valence electrons. The molecule has 0 aliphatic rings. The number of rotatable bonds is 12. The lowest BCUT2D eigenvalue weighted by Crippen LogP contribution is -2.36. The molecule has 2 unspecified atom stereocenters. The third kappa shape index (κ3) is 10.3. The zero-order valence-electron chi connectivity index (χ0n) is 17.3. The highest BCUT2D eigenvalue weighted by atomic mass is 16.6. The highest BCUT2D eigenvalue weighted by Gasteiger charge is 2.31. The predicted octanol–water partition coefficient (Wildman–Crippen LogP) is 4.92. The van der Waals surface area contributed by atoms with Crippen LogP contribution in [0.3, 0.4) is 0 Å². The van der Waals surface area contributed by atoms with Gasteiger partial charge in [0.25, 0.3) is 0 Å². The minimum Gasteiger partial charge on any atom is -0.460 e. The van der Waals surface area contributed by atoms with E-state index in [0.717, 1.165) is 43.1 Å². The van der Waals surface area contributed by atoms with Crippen LogP contribution in [0.1, 0.15) is 73.6 Å². The van der Waals surface area contributed by atoms with Gasteiger partial charge in [-0.05, 0) is 72.8 Å². The van der Waals surface area contributed by atoms with E-state index >= 15 is 0 Å². The Labute approximate surface area is 159 Å². The first-order valence-corrected chi connectivity index (χ1v) is 9.29. The van der Waals surface area contributed by atoms with E-state index in [1.54, 1.807) is 6.08 Å². The lowest BCUT2D eigenvalue weighted by molar-refractivity contribution is -0.159. The SMILES string of the molecule is C=C(C)C(O)CC/C(C)=C/CC(CC/C(C)=C/C=O)C(C)(C)OC(C)=O. The summed E-state index contributed by atoms with van der Waals surface area (Å²) in [4.78, 5) is 22.1. The number of carbonyl (C=O) groups excluding carboxylic acids is 2. The van der Waals surface area contributed by atoms with Gasteiger partial charge in [-0.1, -0.05) is 29.4 Å². The van der Waals surface area contributed by atoms with Crippen LogP contribution in [-0.4, -0.2) is 29.1 Å². The molecule has 4 heteroatoms. The van der Waals surface area contributed by atoms with Crippen LogP contribution in [0.25, 0.3) is 0 Å². The van der Waals surface area contributed by atoms with Crippen LogP contribution in [0, 0.1) is 5.92 Å². The molecular weight excluding hydrogens is 328 g/mol. The van der Waals surface area contributed by atoms with E-state index in [4.69, 9.17) is 4.74 Å². The van der Waals surface area contributed by atoms with E-state index in [0.29, 0.717) is 6.42 Å². The molecule has 0 saturated carbocycles. The number of esters is 1. The highest BCUT2D eigenvalue weighted by Crippen LogP contribution is 2.31. The fourth-order valence-corrected chi connectivity index (χ4v) is 2.86. The van der Waals surface area contributed by atoms with Crippen molar-refractivity contribution in [3.05, 3.63) is 35.5 Å². The van der Waals surface area contributed by atoms with Crippen molar-refractivity contribution < 1.29 is 19.4 Å². The first-order chi connectivity index (χ1) is 12.0. The van der Waals surface area contributed by atoms with E-state index < -0.39 is 11.7 Å². The second kappa shape index (κ2) is 11.8. The van der Waals surface area contributed by atoms with Crippen molar-refractivity contribution in [2.24, 2.45) is 5.92 Å². The van der Waals surface area contributed by atoms with Crippen molar-refractivity contribution in [3.8, 4) is 0 Å². The summed E-state index contributed by atoms with van der Waals surface area (Å²) < 4.78 is 5.55. The monoisotopic (exact) mass is 364 g/mol. The molecule has 0 amide bonds. The summed E-state index contributed by atoms with van der Waals surface area (Å²) >= 11 is 0. The first kappa shape index (κ1) is 24.3. The fraction of sp³-hybridized carbons (Fsp3) is 0.636. The Morgan fingerprint density at radius 2 is 1.69 bits per heavy atom. The average Bonchev–Trinajstić information content (AvgIpc) is 2.50. The Morgan fingerprint density at radius 3 is 2.19 bits per heavy atom. The van der Waals surface area contributed by atoms with Crippen LogP contribution in [-0.2, 0) is 14.3 Å². The Morgan fingerprint density at radius 1 is 1.12 bits per heavy atom. The van der Waals surface area contributed by atoms with E-state index in [1.807, 2.05) is 27.7 Å². The number of hydrogen-bond acceptors (Lipinski definition) is 4. The van der Waals surface area contributed by atoms with Crippen LogP contribution in [0.15, 0.2) is 35.5 Å². The minimum atomic E-state index is -0.582. The van der Waals surface area contributed by atoms with Gasteiger partial charge in [-0.2, -0.15) is 0 Å². The molecule has 2 atom stereocenters. The van der Waals surface area contributed by atoms with E-state index in [2.05, 4.69) is 19.6 Å². The van der Waals surface area contributed by atoms with Gasteiger partial charge in [-0.15, -0.1) is 0 Å². The maximum atomic E-state index is 11.5. The molecule has 0 aliphatic carbocycles. The van der Waals surface area contributed by atoms with Gasteiger partial charge < -0.3 is 9.84 Å². The molecule has 0 spiro atoms. The summed E-state index contributed by atoms with van der Waals surface area (Å²) in [5.41, 5.74) is 2.42. The van der Waals surface area contributed by atoms with Crippen molar-refractivity contribution in [2.75, 3.05) is 0 Å². The Kier molecular flexibility index (Phi) is 11.1. The Balaban J connectivity index is 5.01. The summed E-state index contributed by atoms with van der Waals surface area (Å²) in [5.74, 6) is -0.146.